The first kappa shape index (κ1) is 24.1. The summed E-state index contributed by atoms with van der Waals surface area (Å²) in [5.74, 6) is -3.40. The third-order valence-electron chi connectivity index (χ3n) is 7.46. The highest BCUT2D eigenvalue weighted by molar-refractivity contribution is 6.50. The predicted molar refractivity (Wildman–Crippen MR) is 130 cm³/mol. The number of anilines is 1. The Kier molecular flexibility index (Phi) is 6.13. The van der Waals surface area contributed by atoms with Crippen LogP contribution in [0.4, 0.5) is 10.1 Å². The first-order valence-electron chi connectivity index (χ1n) is 12.2. The molecule has 0 saturated carbocycles. The van der Waals surface area contributed by atoms with Crippen molar-refractivity contribution in [1.29, 1.82) is 0 Å². The van der Waals surface area contributed by atoms with E-state index in [4.69, 9.17) is 4.74 Å². The number of likely N-dealkylation sites (N-methyl/N-ethyl adjacent to an activating group) is 1. The van der Waals surface area contributed by atoms with Crippen LogP contribution in [-0.4, -0.2) is 73.5 Å². The zero-order valence-corrected chi connectivity index (χ0v) is 20.3. The van der Waals surface area contributed by atoms with Gasteiger partial charge < -0.3 is 24.5 Å². The van der Waals surface area contributed by atoms with Crippen LogP contribution in [0.2, 0.25) is 0 Å². The zero-order chi connectivity index (χ0) is 25.6. The summed E-state index contributed by atoms with van der Waals surface area (Å²) in [6.07, 6.45) is 0. The fourth-order valence-corrected chi connectivity index (χ4v) is 5.54. The van der Waals surface area contributed by atoms with Gasteiger partial charge >= 0.3 is 0 Å². The van der Waals surface area contributed by atoms with Gasteiger partial charge in [0.15, 0.2) is 5.54 Å². The molecule has 8 nitrogen and oxygen atoms in total. The van der Waals surface area contributed by atoms with Crippen molar-refractivity contribution >= 4 is 29.0 Å². The van der Waals surface area contributed by atoms with E-state index in [1.54, 1.807) is 31.2 Å². The molecule has 1 spiro atoms. The van der Waals surface area contributed by atoms with Crippen molar-refractivity contribution in [3.8, 4) is 0 Å². The molecule has 3 aliphatic heterocycles. The highest BCUT2D eigenvalue weighted by Gasteiger charge is 2.67. The van der Waals surface area contributed by atoms with Crippen LogP contribution >= 0.6 is 0 Å². The van der Waals surface area contributed by atoms with E-state index < -0.39 is 34.7 Å². The number of morpholine rings is 1. The van der Waals surface area contributed by atoms with Gasteiger partial charge in [0.05, 0.1) is 37.6 Å². The summed E-state index contributed by atoms with van der Waals surface area (Å²) in [6, 6.07) is 11.1. The van der Waals surface area contributed by atoms with Gasteiger partial charge in [0.2, 0.25) is 0 Å². The van der Waals surface area contributed by atoms with E-state index in [1.165, 1.54) is 26.8 Å². The number of likely N-dealkylation sites (tertiary alicyclic amines) is 1. The Morgan fingerprint density at radius 1 is 1.14 bits per heavy atom. The average Bonchev–Trinajstić information content (AvgIpc) is 3.27. The second-order valence-electron chi connectivity index (χ2n) is 9.36. The number of quaternary nitrogens is 1. The fourth-order valence-electron chi connectivity index (χ4n) is 5.54. The molecule has 0 bridgehead atoms. The molecular weight excluding hydrogens is 465 g/mol. The van der Waals surface area contributed by atoms with Gasteiger partial charge in [0.25, 0.3) is 17.6 Å². The van der Waals surface area contributed by atoms with Crippen LogP contribution in [0.1, 0.15) is 23.6 Å². The number of hydrogen-bond acceptors (Lipinski definition) is 5. The summed E-state index contributed by atoms with van der Waals surface area (Å²) >= 11 is 0. The lowest BCUT2D eigenvalue weighted by atomic mass is 9.82. The maximum Gasteiger partial charge on any atom is 0.296 e. The first-order valence-corrected chi connectivity index (χ1v) is 12.2. The van der Waals surface area contributed by atoms with Crippen molar-refractivity contribution in [2.24, 2.45) is 0 Å². The normalized spacial score (nSPS) is 23.7. The molecule has 2 fully saturated rings. The molecule has 0 aromatic heterocycles. The zero-order valence-electron chi connectivity index (χ0n) is 20.3. The number of aryl methyl sites for hydroxylation is 1. The van der Waals surface area contributed by atoms with Crippen LogP contribution in [0.15, 0.2) is 48.0 Å². The van der Waals surface area contributed by atoms with E-state index in [0.29, 0.717) is 43.1 Å². The van der Waals surface area contributed by atoms with E-state index in [1.807, 2.05) is 6.92 Å². The monoisotopic (exact) mass is 494 g/mol. The molecular formula is C27H29FN3O5+. The van der Waals surface area contributed by atoms with E-state index in [9.17, 15) is 23.9 Å². The largest absolute Gasteiger partial charge is 0.507 e. The van der Waals surface area contributed by atoms with E-state index in [0.717, 1.165) is 19.2 Å². The summed E-state index contributed by atoms with van der Waals surface area (Å²) in [6.45, 7) is 7.07. The minimum Gasteiger partial charge on any atom is -0.507 e. The molecule has 3 heterocycles. The number of nitrogens with zero attached hydrogens (tertiary/aromatic N) is 2. The Morgan fingerprint density at radius 2 is 1.86 bits per heavy atom. The van der Waals surface area contributed by atoms with Crippen molar-refractivity contribution in [1.82, 2.24) is 4.90 Å². The van der Waals surface area contributed by atoms with Crippen LogP contribution in [0.25, 0.3) is 5.76 Å². The average molecular weight is 495 g/mol. The topological polar surface area (TPSA) is 91.6 Å². The molecule has 188 valence electrons. The van der Waals surface area contributed by atoms with Gasteiger partial charge in [-0.05, 0) is 31.5 Å². The van der Waals surface area contributed by atoms with Crippen LogP contribution < -0.4 is 9.80 Å². The second kappa shape index (κ2) is 9.15. The Bertz CT molecular complexity index is 1290. The number of rotatable bonds is 5. The number of fused-ring (bicyclic) bond motifs is 2. The number of benzene rings is 2. The third-order valence-corrected chi connectivity index (χ3v) is 7.46. The molecule has 2 saturated heterocycles. The Morgan fingerprint density at radius 3 is 2.56 bits per heavy atom. The van der Waals surface area contributed by atoms with Crippen molar-refractivity contribution in [3.05, 3.63) is 70.5 Å². The lowest BCUT2D eigenvalue weighted by molar-refractivity contribution is -0.907. The van der Waals surface area contributed by atoms with E-state index in [2.05, 4.69) is 0 Å². The third kappa shape index (κ3) is 3.45. The Hall–Kier alpha value is -3.56. The molecule has 3 aliphatic rings. The predicted octanol–water partition coefficient (Wildman–Crippen LogP) is 0.992. The fraction of sp³-hybridized carbons (Fsp3) is 0.370. The molecule has 0 radical (unpaired) electrons. The number of ether oxygens (including phenoxy) is 1. The summed E-state index contributed by atoms with van der Waals surface area (Å²) in [5, 5.41) is 11.4. The Balaban J connectivity index is 1.72. The highest BCUT2D eigenvalue weighted by atomic mass is 19.1. The molecule has 9 heteroatoms. The molecule has 5 rings (SSSR count). The first-order chi connectivity index (χ1) is 17.3. The number of ketones is 1. The molecule has 0 aliphatic carbocycles. The van der Waals surface area contributed by atoms with Crippen LogP contribution in [0.3, 0.4) is 0 Å². The molecule has 2 amide bonds. The van der Waals surface area contributed by atoms with E-state index in [-0.39, 0.29) is 17.7 Å². The van der Waals surface area contributed by atoms with Gasteiger partial charge in [0.1, 0.15) is 24.7 Å². The number of amides is 2. The van der Waals surface area contributed by atoms with Gasteiger partial charge in [-0.15, -0.1) is 0 Å². The number of aliphatic hydroxyl groups excluding tert-OH is 1. The van der Waals surface area contributed by atoms with Gasteiger partial charge in [0, 0.05) is 17.7 Å². The van der Waals surface area contributed by atoms with E-state index >= 15 is 0 Å². The van der Waals surface area contributed by atoms with Gasteiger partial charge in [-0.3, -0.25) is 14.4 Å². The summed E-state index contributed by atoms with van der Waals surface area (Å²) in [5.41, 5.74) is -0.693. The minimum atomic E-state index is -1.82. The maximum absolute atomic E-state index is 14.4. The summed E-state index contributed by atoms with van der Waals surface area (Å²) in [4.78, 5) is 45.3. The molecule has 2 aromatic carbocycles. The summed E-state index contributed by atoms with van der Waals surface area (Å²) < 4.78 is 19.8. The van der Waals surface area contributed by atoms with Gasteiger partial charge in [-0.25, -0.2) is 4.39 Å². The number of carbonyl (C=O) groups excluding carboxylic acids is 3. The minimum absolute atomic E-state index is 0.0366. The van der Waals surface area contributed by atoms with Gasteiger partial charge in [-0.2, -0.15) is 0 Å². The second-order valence-corrected chi connectivity index (χ2v) is 9.36. The standard InChI is InChI=1S/C27H28FN3O5/c1-3-30-21-7-5-4-6-19(21)27(26(30)35)22(23(32)18-9-8-17(2)20(28)16-18)24(33)25(34)31(27)11-10-29-12-14-36-15-13-29/h4-9,16,32H,3,10-15H2,1-2H3/p+1. The van der Waals surface area contributed by atoms with Crippen molar-refractivity contribution < 1.29 is 33.5 Å². The number of carbonyl (C=O) groups is 3. The van der Waals surface area contributed by atoms with Crippen LogP contribution in [0.5, 0.6) is 0 Å². The lowest BCUT2D eigenvalue weighted by Crippen LogP contribution is -3.14. The number of nitrogens with one attached hydrogen (secondary N) is 1. The smallest absolute Gasteiger partial charge is 0.296 e. The highest BCUT2D eigenvalue weighted by Crippen LogP contribution is 2.53. The van der Waals surface area contributed by atoms with Crippen molar-refractivity contribution in [2.75, 3.05) is 50.8 Å². The van der Waals surface area contributed by atoms with Crippen LogP contribution in [-0.2, 0) is 24.7 Å². The lowest BCUT2D eigenvalue weighted by Gasteiger charge is -2.35. The number of halogens is 1. The maximum atomic E-state index is 14.4. The molecule has 1 atom stereocenters. The van der Waals surface area contributed by atoms with Crippen molar-refractivity contribution in [2.45, 2.75) is 19.4 Å². The molecule has 2 aromatic rings. The molecule has 36 heavy (non-hydrogen) atoms. The number of hydrogen-bond donors (Lipinski definition) is 2. The quantitative estimate of drug-likeness (QED) is 0.368. The Labute approximate surface area is 208 Å². The summed E-state index contributed by atoms with van der Waals surface area (Å²) in [7, 11) is 0. The molecule has 1 unspecified atom stereocenters. The number of aliphatic hydroxyl groups is 1. The molecule has 2 N–H and O–H groups in total. The van der Waals surface area contributed by atoms with Gasteiger partial charge in [-0.1, -0.05) is 30.3 Å². The number of para-hydroxylation sites is 1. The van der Waals surface area contributed by atoms with Crippen molar-refractivity contribution in [3.63, 3.8) is 0 Å². The van der Waals surface area contributed by atoms with Crippen LogP contribution in [0, 0.1) is 12.7 Å². The number of Topliss-reactive ketones (excluding diaryl/α,β-unsaturated/α-hetero) is 1. The SMILES string of the molecule is CCN1C(=O)C2(C(=C(O)c3ccc(C)c(F)c3)C(=O)C(=O)N2CC[NH+]2CCOCC2)c2ccccc21.